The number of carbonyl (C=O) groups is 1. The summed E-state index contributed by atoms with van der Waals surface area (Å²) in [6.45, 7) is 13.6. The molecule has 1 amide bonds. The van der Waals surface area contributed by atoms with Gasteiger partial charge in [-0.05, 0) is 36.6 Å². The zero-order valence-electron chi connectivity index (χ0n) is 16.1. The largest absolute Gasteiger partial charge is 0.420 e. The zero-order valence-corrected chi connectivity index (χ0v) is 18.0. The normalized spacial score (nSPS) is 22.9. The smallest absolute Gasteiger partial charge is 0.225 e. The molecule has 0 spiro atoms. The van der Waals surface area contributed by atoms with Gasteiger partial charge in [0, 0.05) is 29.6 Å². The lowest BCUT2D eigenvalue weighted by Crippen LogP contribution is -2.66. The molecule has 0 unspecified atom stereocenters. The molecule has 4 atom stereocenters. The molecule has 0 saturated carbocycles. The van der Waals surface area contributed by atoms with Gasteiger partial charge in [0.25, 0.3) is 0 Å². The number of thiocarbonyl (C=S) groups is 1. The van der Waals surface area contributed by atoms with Gasteiger partial charge >= 0.3 is 0 Å². The van der Waals surface area contributed by atoms with E-state index in [4.69, 9.17) is 16.6 Å². The first-order valence-electron chi connectivity index (χ1n) is 9.00. The third-order valence-corrected chi connectivity index (χ3v) is 6.46. The van der Waals surface area contributed by atoms with Gasteiger partial charge in [0.1, 0.15) is 0 Å². The molecule has 2 heterocycles. The van der Waals surface area contributed by atoms with E-state index in [0.29, 0.717) is 6.61 Å². The molecule has 0 bridgehead atoms. The predicted molar refractivity (Wildman–Crippen MR) is 108 cm³/mol. The average molecular weight is 379 g/mol. The summed E-state index contributed by atoms with van der Waals surface area (Å²) in [5, 5.41) is 3.09. The molecule has 25 heavy (non-hydrogen) atoms. The van der Waals surface area contributed by atoms with Gasteiger partial charge < -0.3 is 9.74 Å². The highest BCUT2D eigenvalue weighted by Crippen LogP contribution is 2.40. The van der Waals surface area contributed by atoms with Crippen LogP contribution in [0.2, 0.25) is 13.1 Å². The van der Waals surface area contributed by atoms with E-state index in [1.54, 1.807) is 6.20 Å². The molecular formula is C19H30N2O2SSi. The van der Waals surface area contributed by atoms with Gasteiger partial charge in [0.05, 0.1) is 11.6 Å². The van der Waals surface area contributed by atoms with Crippen molar-refractivity contribution in [2.75, 3.05) is 6.61 Å². The molecule has 1 aliphatic heterocycles. The third-order valence-electron chi connectivity index (χ3n) is 5.02. The fourth-order valence-corrected chi connectivity index (χ4v) is 4.24. The first-order valence-corrected chi connectivity index (χ1v) is 12.2. The summed E-state index contributed by atoms with van der Waals surface area (Å²) in [6.07, 6.45) is 1.75. The van der Waals surface area contributed by atoms with Crippen LogP contribution in [-0.2, 0) is 9.22 Å². The standard InChI is InChI=1S/C19H30N2O2SSi/c1-12(17(24)14-9-7-8-10-20-14)16-15(18(22)21-16)13(19(2,3)4)11-23-25(5)6/h7-10,12-13,15-16,25H,11H2,1-6H3,(H,21,22)/t12-,13-,15+,16-/m1/s1. The fourth-order valence-electron chi connectivity index (χ4n) is 3.38. The Labute approximate surface area is 158 Å². The number of hydrogen-bond donors (Lipinski definition) is 1. The van der Waals surface area contributed by atoms with Crippen molar-refractivity contribution < 1.29 is 9.22 Å². The van der Waals surface area contributed by atoms with Crippen LogP contribution < -0.4 is 5.32 Å². The fraction of sp³-hybridized carbons (Fsp3) is 0.632. The summed E-state index contributed by atoms with van der Waals surface area (Å²) < 4.78 is 6.02. The number of amides is 1. The monoisotopic (exact) mass is 378 g/mol. The molecule has 4 nitrogen and oxygen atoms in total. The minimum atomic E-state index is -1.13. The number of pyridine rings is 1. The van der Waals surface area contributed by atoms with Crippen LogP contribution in [0.3, 0.4) is 0 Å². The Kier molecular flexibility index (Phi) is 6.51. The predicted octanol–water partition coefficient (Wildman–Crippen LogP) is 3.21. The lowest BCUT2D eigenvalue weighted by molar-refractivity contribution is -0.143. The van der Waals surface area contributed by atoms with Gasteiger partial charge in [-0.25, -0.2) is 0 Å². The van der Waals surface area contributed by atoms with Crippen LogP contribution in [0.15, 0.2) is 24.4 Å². The van der Waals surface area contributed by atoms with Crippen LogP contribution in [0.4, 0.5) is 0 Å². The highest BCUT2D eigenvalue weighted by Gasteiger charge is 2.51. The van der Waals surface area contributed by atoms with Crippen molar-refractivity contribution in [1.82, 2.24) is 10.3 Å². The maximum Gasteiger partial charge on any atom is 0.225 e. The number of nitrogens with one attached hydrogen (secondary N) is 1. The van der Waals surface area contributed by atoms with Crippen molar-refractivity contribution in [3.63, 3.8) is 0 Å². The number of hydrogen-bond acceptors (Lipinski definition) is 4. The lowest BCUT2D eigenvalue weighted by atomic mass is 9.65. The van der Waals surface area contributed by atoms with E-state index in [-0.39, 0.29) is 35.1 Å². The maximum atomic E-state index is 12.4. The number of β-lactam (4-membered cyclic amide) rings is 1. The Bertz CT molecular complexity index is 616. The molecule has 6 heteroatoms. The number of carbonyl (C=O) groups excluding carboxylic acids is 1. The zero-order chi connectivity index (χ0) is 18.8. The van der Waals surface area contributed by atoms with Crippen LogP contribution in [0, 0.1) is 23.2 Å². The highest BCUT2D eigenvalue weighted by atomic mass is 32.1. The molecule has 138 valence electrons. The van der Waals surface area contributed by atoms with Gasteiger partial charge in [-0.1, -0.05) is 46.0 Å². The van der Waals surface area contributed by atoms with Crippen molar-refractivity contribution >= 4 is 32.0 Å². The van der Waals surface area contributed by atoms with Gasteiger partial charge in [-0.15, -0.1) is 0 Å². The molecule has 0 radical (unpaired) electrons. The number of aromatic nitrogens is 1. The first kappa shape index (κ1) is 20.2. The minimum Gasteiger partial charge on any atom is -0.420 e. The van der Waals surface area contributed by atoms with Crippen molar-refractivity contribution in [2.24, 2.45) is 23.2 Å². The van der Waals surface area contributed by atoms with Crippen molar-refractivity contribution in [1.29, 1.82) is 0 Å². The third kappa shape index (κ3) is 4.74. The second kappa shape index (κ2) is 8.06. The summed E-state index contributed by atoms with van der Waals surface area (Å²) in [4.78, 5) is 17.6. The van der Waals surface area contributed by atoms with Crippen LogP contribution in [0.5, 0.6) is 0 Å². The molecule has 0 aromatic carbocycles. The second-order valence-electron chi connectivity index (χ2n) is 8.28. The number of nitrogens with zero attached hydrogens (tertiary/aromatic N) is 1. The highest BCUT2D eigenvalue weighted by molar-refractivity contribution is 7.80. The Hall–Kier alpha value is -1.11. The maximum absolute atomic E-state index is 12.4. The van der Waals surface area contributed by atoms with Crippen molar-refractivity contribution in [3.05, 3.63) is 30.1 Å². The molecular weight excluding hydrogens is 348 g/mol. The van der Waals surface area contributed by atoms with Crippen LogP contribution >= 0.6 is 12.2 Å². The molecule has 1 saturated heterocycles. The minimum absolute atomic E-state index is 0.00367. The number of rotatable bonds is 7. The second-order valence-corrected chi connectivity index (χ2v) is 11.2. The Morgan fingerprint density at radius 3 is 2.56 bits per heavy atom. The van der Waals surface area contributed by atoms with Gasteiger partial charge in [0.2, 0.25) is 5.91 Å². The van der Waals surface area contributed by atoms with E-state index >= 15 is 0 Å². The van der Waals surface area contributed by atoms with E-state index in [1.807, 2.05) is 18.2 Å². The first-order chi connectivity index (χ1) is 11.6. The molecule has 2 rings (SSSR count). The average Bonchev–Trinajstić information content (AvgIpc) is 2.54. The summed E-state index contributed by atoms with van der Waals surface area (Å²) in [7, 11) is -1.13. The van der Waals surface area contributed by atoms with Gasteiger partial charge in [-0.3, -0.25) is 9.78 Å². The van der Waals surface area contributed by atoms with E-state index in [2.05, 4.69) is 51.1 Å². The molecule has 1 aromatic heterocycles. The van der Waals surface area contributed by atoms with Crippen LogP contribution in [0.1, 0.15) is 33.4 Å². The molecule has 1 N–H and O–H groups in total. The molecule has 1 aliphatic rings. The van der Waals surface area contributed by atoms with E-state index < -0.39 is 9.04 Å². The van der Waals surface area contributed by atoms with Gasteiger partial charge in [-0.2, -0.15) is 0 Å². The topological polar surface area (TPSA) is 51.2 Å². The SMILES string of the molecule is C[C@@H](C(=S)c1ccccn1)[C@H]1NC(=O)[C@H]1[C@@H](CO[SiH](C)C)C(C)(C)C. The van der Waals surface area contributed by atoms with Crippen LogP contribution in [0.25, 0.3) is 0 Å². The van der Waals surface area contributed by atoms with Crippen molar-refractivity contribution in [2.45, 2.75) is 46.8 Å². The van der Waals surface area contributed by atoms with E-state index in [1.165, 1.54) is 0 Å². The lowest BCUT2D eigenvalue weighted by Gasteiger charge is -2.48. The summed E-state index contributed by atoms with van der Waals surface area (Å²) in [5.74, 6) is 0.294. The summed E-state index contributed by atoms with van der Waals surface area (Å²) in [5.41, 5.74) is 0.819. The molecule has 0 aliphatic carbocycles. The molecule has 1 fully saturated rings. The van der Waals surface area contributed by atoms with E-state index in [9.17, 15) is 4.79 Å². The Morgan fingerprint density at radius 1 is 1.40 bits per heavy atom. The summed E-state index contributed by atoms with van der Waals surface area (Å²) in [6, 6.07) is 5.80. The van der Waals surface area contributed by atoms with E-state index in [0.717, 1.165) is 10.6 Å². The Balaban J connectivity index is 2.18. The van der Waals surface area contributed by atoms with Crippen molar-refractivity contribution in [3.8, 4) is 0 Å². The van der Waals surface area contributed by atoms with Gasteiger partial charge in [0.15, 0.2) is 9.04 Å². The molecule has 1 aromatic rings. The quantitative estimate of drug-likeness (QED) is 0.343. The summed E-state index contributed by atoms with van der Waals surface area (Å²) >= 11 is 5.66. The Morgan fingerprint density at radius 2 is 2.08 bits per heavy atom. The van der Waals surface area contributed by atoms with Crippen LogP contribution in [-0.4, -0.2) is 37.4 Å².